The Labute approximate surface area is 146 Å². The van der Waals surface area contributed by atoms with Crippen molar-refractivity contribution in [3.63, 3.8) is 0 Å². The number of halogens is 1. The first kappa shape index (κ1) is 16.7. The van der Waals surface area contributed by atoms with Crippen LogP contribution in [-0.4, -0.2) is 12.1 Å². The molecule has 0 amide bonds. The van der Waals surface area contributed by atoms with Crippen LogP contribution < -0.4 is 9.47 Å². The van der Waals surface area contributed by atoms with Crippen molar-refractivity contribution in [1.82, 2.24) is 4.98 Å². The van der Waals surface area contributed by atoms with E-state index in [9.17, 15) is 4.39 Å². The van der Waals surface area contributed by atoms with Crippen molar-refractivity contribution in [2.45, 2.75) is 6.42 Å². The van der Waals surface area contributed by atoms with Crippen LogP contribution in [0.3, 0.4) is 0 Å². The molecule has 2 aromatic carbocycles. The van der Waals surface area contributed by atoms with Gasteiger partial charge in [-0.05, 0) is 60.5 Å². The van der Waals surface area contributed by atoms with E-state index in [4.69, 9.17) is 9.47 Å². The minimum atomic E-state index is -0.298. The first-order chi connectivity index (χ1) is 12.2. The van der Waals surface area contributed by atoms with E-state index >= 15 is 0 Å². The Hall–Kier alpha value is -3.14. The van der Waals surface area contributed by atoms with Gasteiger partial charge in [0.25, 0.3) is 0 Å². The van der Waals surface area contributed by atoms with Crippen LogP contribution in [0.5, 0.6) is 17.4 Å². The van der Waals surface area contributed by atoms with Gasteiger partial charge in [0.15, 0.2) is 0 Å². The molecule has 126 valence electrons. The van der Waals surface area contributed by atoms with Gasteiger partial charge in [0.1, 0.15) is 17.3 Å². The highest BCUT2D eigenvalue weighted by Crippen LogP contribution is 2.24. The molecule has 3 nitrogen and oxygen atoms in total. The van der Waals surface area contributed by atoms with Crippen molar-refractivity contribution in [2.24, 2.45) is 0 Å². The molecule has 0 aliphatic carbocycles. The number of allylic oxidation sites excluding steroid dienone is 1. The minimum Gasteiger partial charge on any atom is -0.497 e. The first-order valence-corrected chi connectivity index (χ1v) is 7.92. The molecule has 4 heteroatoms. The number of methoxy groups -OCH3 is 1. The van der Waals surface area contributed by atoms with Crippen molar-refractivity contribution in [2.75, 3.05) is 7.11 Å². The van der Waals surface area contributed by atoms with E-state index in [0.717, 1.165) is 17.7 Å². The summed E-state index contributed by atoms with van der Waals surface area (Å²) in [6.07, 6.45) is 6.47. The topological polar surface area (TPSA) is 31.4 Å². The molecule has 0 unspecified atom stereocenters. The van der Waals surface area contributed by atoms with Crippen LogP contribution in [0.15, 0.2) is 72.9 Å². The van der Waals surface area contributed by atoms with Crippen LogP contribution in [0.2, 0.25) is 0 Å². The van der Waals surface area contributed by atoms with Crippen molar-refractivity contribution in [1.29, 1.82) is 0 Å². The Bertz CT molecular complexity index is 843. The van der Waals surface area contributed by atoms with E-state index in [-0.39, 0.29) is 5.82 Å². The molecule has 3 rings (SSSR count). The molecule has 0 bridgehead atoms. The van der Waals surface area contributed by atoms with Crippen LogP contribution in [0.25, 0.3) is 6.08 Å². The lowest BCUT2D eigenvalue weighted by molar-refractivity contribution is 0.414. The van der Waals surface area contributed by atoms with Crippen LogP contribution in [0, 0.1) is 5.82 Å². The quantitative estimate of drug-likeness (QED) is 0.614. The fourth-order valence-electron chi connectivity index (χ4n) is 2.31. The number of hydrogen-bond donors (Lipinski definition) is 0. The Kier molecular flexibility index (Phi) is 5.42. The van der Waals surface area contributed by atoms with Gasteiger partial charge >= 0.3 is 0 Å². The molecule has 0 aliphatic rings. The summed E-state index contributed by atoms with van der Waals surface area (Å²) < 4.78 is 23.9. The van der Waals surface area contributed by atoms with Gasteiger partial charge in [0.2, 0.25) is 5.88 Å². The largest absolute Gasteiger partial charge is 0.497 e. The molecular formula is C21H18FNO2. The number of ether oxygens (including phenoxy) is 2. The third kappa shape index (κ3) is 4.67. The summed E-state index contributed by atoms with van der Waals surface area (Å²) in [7, 11) is 1.65. The molecule has 0 atom stereocenters. The van der Waals surface area contributed by atoms with Crippen LogP contribution >= 0.6 is 0 Å². The number of aromatic nitrogens is 1. The maximum Gasteiger partial charge on any atom is 0.226 e. The summed E-state index contributed by atoms with van der Waals surface area (Å²) in [6, 6.07) is 17.6. The van der Waals surface area contributed by atoms with Crippen molar-refractivity contribution in [3.8, 4) is 17.4 Å². The van der Waals surface area contributed by atoms with Gasteiger partial charge in [-0.3, -0.25) is 0 Å². The molecule has 0 radical (unpaired) electrons. The Morgan fingerprint density at radius 2 is 1.68 bits per heavy atom. The zero-order valence-corrected chi connectivity index (χ0v) is 13.9. The molecule has 0 fully saturated rings. The summed E-state index contributed by atoms with van der Waals surface area (Å²) >= 11 is 0. The normalized spacial score (nSPS) is 10.8. The first-order valence-electron chi connectivity index (χ1n) is 7.92. The van der Waals surface area contributed by atoms with Gasteiger partial charge in [-0.25, -0.2) is 9.37 Å². The molecule has 0 saturated carbocycles. The highest BCUT2D eigenvalue weighted by molar-refractivity contribution is 5.55. The second kappa shape index (κ2) is 8.11. The van der Waals surface area contributed by atoms with Gasteiger partial charge < -0.3 is 9.47 Å². The van der Waals surface area contributed by atoms with Gasteiger partial charge in [-0.2, -0.15) is 0 Å². The highest BCUT2D eigenvalue weighted by atomic mass is 19.1. The zero-order valence-electron chi connectivity index (χ0n) is 13.9. The third-order valence-electron chi connectivity index (χ3n) is 3.64. The lowest BCUT2D eigenvalue weighted by Crippen LogP contribution is -1.91. The lowest BCUT2D eigenvalue weighted by Gasteiger charge is -2.07. The Morgan fingerprint density at radius 1 is 0.960 bits per heavy atom. The fourth-order valence-corrected chi connectivity index (χ4v) is 2.31. The van der Waals surface area contributed by atoms with E-state index in [1.807, 2.05) is 42.5 Å². The molecule has 0 N–H and O–H groups in total. The average molecular weight is 335 g/mol. The van der Waals surface area contributed by atoms with Crippen LogP contribution in [-0.2, 0) is 6.42 Å². The van der Waals surface area contributed by atoms with Gasteiger partial charge in [0.05, 0.1) is 7.11 Å². The molecule has 25 heavy (non-hydrogen) atoms. The van der Waals surface area contributed by atoms with Gasteiger partial charge in [-0.15, -0.1) is 0 Å². The predicted octanol–water partition coefficient (Wildman–Crippen LogP) is 5.28. The van der Waals surface area contributed by atoms with Crippen LogP contribution in [0.4, 0.5) is 4.39 Å². The van der Waals surface area contributed by atoms with Crippen molar-refractivity contribution < 1.29 is 13.9 Å². The van der Waals surface area contributed by atoms with E-state index in [1.54, 1.807) is 25.4 Å². The standard InChI is InChI=1S/C21H18FNO2/c1-24-19-11-7-16(8-12-19)4-2-5-17-6-3-15-23-21(17)25-20-13-9-18(22)10-14-20/h2-3,5-15H,4H2,1H3. The SMILES string of the molecule is COc1ccc(CC=Cc2cccnc2Oc2ccc(F)cc2)cc1. The second-order valence-electron chi connectivity index (χ2n) is 5.41. The van der Waals surface area contributed by atoms with Crippen LogP contribution in [0.1, 0.15) is 11.1 Å². The molecule has 1 heterocycles. The smallest absolute Gasteiger partial charge is 0.226 e. The predicted molar refractivity (Wildman–Crippen MR) is 96.4 cm³/mol. The Balaban J connectivity index is 1.70. The average Bonchev–Trinajstić information content (AvgIpc) is 2.65. The maximum absolute atomic E-state index is 13.0. The molecule has 0 aliphatic heterocycles. The molecule has 0 spiro atoms. The van der Waals surface area contributed by atoms with Crippen molar-refractivity contribution in [3.05, 3.63) is 89.9 Å². The number of hydrogen-bond acceptors (Lipinski definition) is 3. The van der Waals surface area contributed by atoms with Gasteiger partial charge in [0, 0.05) is 11.8 Å². The summed E-state index contributed by atoms with van der Waals surface area (Å²) in [5.41, 5.74) is 2.04. The lowest BCUT2D eigenvalue weighted by atomic mass is 10.1. The fraction of sp³-hybridized carbons (Fsp3) is 0.0952. The minimum absolute atomic E-state index is 0.298. The number of benzene rings is 2. The molecule has 1 aromatic heterocycles. The van der Waals surface area contributed by atoms with E-state index in [0.29, 0.717) is 11.6 Å². The van der Waals surface area contributed by atoms with Gasteiger partial charge in [-0.1, -0.05) is 24.3 Å². The van der Waals surface area contributed by atoms with E-state index in [2.05, 4.69) is 11.1 Å². The molecule has 0 saturated heterocycles. The third-order valence-corrected chi connectivity index (χ3v) is 3.64. The molecule has 3 aromatic rings. The van der Waals surface area contributed by atoms with E-state index in [1.165, 1.54) is 17.7 Å². The zero-order chi connectivity index (χ0) is 17.5. The number of pyridine rings is 1. The number of nitrogens with zero attached hydrogens (tertiary/aromatic N) is 1. The summed E-state index contributed by atoms with van der Waals surface area (Å²) in [5.74, 6) is 1.58. The summed E-state index contributed by atoms with van der Waals surface area (Å²) in [5, 5.41) is 0. The summed E-state index contributed by atoms with van der Waals surface area (Å²) in [4.78, 5) is 4.26. The Morgan fingerprint density at radius 3 is 2.40 bits per heavy atom. The number of rotatable bonds is 6. The summed E-state index contributed by atoms with van der Waals surface area (Å²) in [6.45, 7) is 0. The second-order valence-corrected chi connectivity index (χ2v) is 5.41. The monoisotopic (exact) mass is 335 g/mol. The highest BCUT2D eigenvalue weighted by Gasteiger charge is 2.04. The van der Waals surface area contributed by atoms with E-state index < -0.39 is 0 Å². The molecular weight excluding hydrogens is 317 g/mol. The van der Waals surface area contributed by atoms with Crippen molar-refractivity contribution >= 4 is 6.08 Å². The maximum atomic E-state index is 13.0.